The van der Waals surface area contributed by atoms with E-state index in [1.54, 1.807) is 48.5 Å². The van der Waals surface area contributed by atoms with Gasteiger partial charge in [0.1, 0.15) is 0 Å². The fourth-order valence-electron chi connectivity index (χ4n) is 4.21. The Morgan fingerprint density at radius 1 is 0.921 bits per heavy atom. The Hall–Kier alpha value is -4.04. The van der Waals surface area contributed by atoms with Crippen molar-refractivity contribution in [2.45, 2.75) is 39.4 Å². The largest absolute Gasteiger partial charge is 0.493 e. The molecule has 0 saturated carbocycles. The Bertz CT molecular complexity index is 1590. The van der Waals surface area contributed by atoms with E-state index in [4.69, 9.17) is 21.1 Å². The zero-order chi connectivity index (χ0) is 27.4. The van der Waals surface area contributed by atoms with E-state index in [9.17, 15) is 14.4 Å². The molecular formula is C29H30ClN3O5. The van der Waals surface area contributed by atoms with Gasteiger partial charge in [-0.1, -0.05) is 42.8 Å². The second-order valence-electron chi connectivity index (χ2n) is 9.09. The summed E-state index contributed by atoms with van der Waals surface area (Å²) in [4.78, 5) is 39.8. The first-order chi connectivity index (χ1) is 18.2. The quantitative estimate of drug-likeness (QED) is 0.342. The third kappa shape index (κ3) is 5.60. The Morgan fingerprint density at radius 2 is 1.58 bits per heavy atom. The monoisotopic (exact) mass is 535 g/mol. The third-order valence-electron chi connectivity index (χ3n) is 6.51. The number of aromatic nitrogens is 2. The predicted molar refractivity (Wildman–Crippen MR) is 149 cm³/mol. The van der Waals surface area contributed by atoms with Crippen molar-refractivity contribution in [3.8, 4) is 11.5 Å². The predicted octanol–water partition coefficient (Wildman–Crippen LogP) is 4.46. The van der Waals surface area contributed by atoms with Crippen LogP contribution in [0.3, 0.4) is 0 Å². The number of rotatable bonds is 9. The van der Waals surface area contributed by atoms with Gasteiger partial charge >= 0.3 is 5.69 Å². The first-order valence-electron chi connectivity index (χ1n) is 12.3. The number of ether oxygens (including phenoxy) is 2. The number of carbonyl (C=O) groups is 1. The lowest BCUT2D eigenvalue weighted by molar-refractivity contribution is 0.0939. The molecular weight excluding hydrogens is 506 g/mol. The number of amides is 1. The highest BCUT2D eigenvalue weighted by Gasteiger charge is 2.18. The molecule has 3 aromatic carbocycles. The van der Waals surface area contributed by atoms with Gasteiger partial charge in [-0.2, -0.15) is 0 Å². The first kappa shape index (κ1) is 27.0. The number of hydrogen-bond acceptors (Lipinski definition) is 5. The number of fused-ring (bicyclic) bond motifs is 1. The van der Waals surface area contributed by atoms with Crippen molar-refractivity contribution in [3.05, 3.63) is 103 Å². The maximum atomic E-state index is 13.7. The van der Waals surface area contributed by atoms with Crippen LogP contribution in [0.5, 0.6) is 11.5 Å². The summed E-state index contributed by atoms with van der Waals surface area (Å²) >= 11 is 6.18. The van der Waals surface area contributed by atoms with Gasteiger partial charge in [0.05, 0.1) is 38.2 Å². The maximum absolute atomic E-state index is 13.7. The molecule has 8 nitrogen and oxygen atoms in total. The van der Waals surface area contributed by atoms with Gasteiger partial charge in [0.2, 0.25) is 0 Å². The maximum Gasteiger partial charge on any atom is 0.332 e. The minimum Gasteiger partial charge on any atom is -0.493 e. The van der Waals surface area contributed by atoms with Crippen LogP contribution >= 0.6 is 11.6 Å². The van der Waals surface area contributed by atoms with E-state index >= 15 is 0 Å². The summed E-state index contributed by atoms with van der Waals surface area (Å²) in [6.45, 7) is 4.17. The lowest BCUT2D eigenvalue weighted by Gasteiger charge is -2.17. The van der Waals surface area contributed by atoms with E-state index in [0.717, 1.165) is 12.0 Å². The fraction of sp³-hybridized carbons (Fsp3) is 0.276. The number of benzene rings is 3. The van der Waals surface area contributed by atoms with Gasteiger partial charge < -0.3 is 14.8 Å². The number of carbonyl (C=O) groups excluding carboxylic acids is 1. The molecule has 0 aliphatic heterocycles. The summed E-state index contributed by atoms with van der Waals surface area (Å²) in [5.74, 6) is 0.620. The summed E-state index contributed by atoms with van der Waals surface area (Å²) in [5, 5.41) is 3.79. The van der Waals surface area contributed by atoms with Gasteiger partial charge in [-0.25, -0.2) is 4.79 Å². The number of halogens is 1. The molecule has 0 fully saturated rings. The van der Waals surface area contributed by atoms with E-state index in [0.29, 0.717) is 38.6 Å². The highest BCUT2D eigenvalue weighted by molar-refractivity contribution is 6.30. The normalized spacial score (nSPS) is 11.8. The van der Waals surface area contributed by atoms with Crippen molar-refractivity contribution in [1.82, 2.24) is 14.5 Å². The lowest BCUT2D eigenvalue weighted by atomic mass is 10.1. The smallest absolute Gasteiger partial charge is 0.332 e. The third-order valence-corrected chi connectivity index (χ3v) is 6.74. The molecule has 0 aliphatic carbocycles. The van der Waals surface area contributed by atoms with Crippen LogP contribution in [-0.2, 0) is 13.1 Å². The Labute approximate surface area is 225 Å². The molecule has 1 N–H and O–H groups in total. The van der Waals surface area contributed by atoms with E-state index in [-0.39, 0.29) is 25.0 Å². The Morgan fingerprint density at radius 3 is 2.21 bits per heavy atom. The average molecular weight is 536 g/mol. The van der Waals surface area contributed by atoms with Crippen molar-refractivity contribution in [2.75, 3.05) is 14.2 Å². The molecule has 0 radical (unpaired) electrons. The molecule has 1 atom stereocenters. The average Bonchev–Trinajstić information content (AvgIpc) is 2.92. The van der Waals surface area contributed by atoms with Crippen LogP contribution in [0.1, 0.15) is 41.8 Å². The summed E-state index contributed by atoms with van der Waals surface area (Å²) < 4.78 is 13.6. The van der Waals surface area contributed by atoms with Gasteiger partial charge in [0.15, 0.2) is 11.5 Å². The van der Waals surface area contributed by atoms with Crippen molar-refractivity contribution < 1.29 is 14.3 Å². The Balaban J connectivity index is 1.81. The van der Waals surface area contributed by atoms with Crippen molar-refractivity contribution >= 4 is 28.4 Å². The van der Waals surface area contributed by atoms with Crippen molar-refractivity contribution in [1.29, 1.82) is 0 Å². The van der Waals surface area contributed by atoms with Crippen LogP contribution < -0.4 is 26.0 Å². The van der Waals surface area contributed by atoms with E-state index < -0.39 is 11.2 Å². The summed E-state index contributed by atoms with van der Waals surface area (Å²) in [6.07, 6.45) is 0.826. The standard InChI is InChI=1S/C29H30ClN3O5/c1-5-18(2)31-27(34)21-11-9-19(10-12-21)16-33-28(35)23-14-25(37-3)26(38-4)15-24(23)32(29(33)36)17-20-7-6-8-22(30)13-20/h6-15,18H,5,16-17H2,1-4H3,(H,31,34)/t18-/m0/s1. The zero-order valence-corrected chi connectivity index (χ0v) is 22.5. The van der Waals surface area contributed by atoms with Crippen LogP contribution in [0, 0.1) is 0 Å². The fourth-order valence-corrected chi connectivity index (χ4v) is 4.42. The van der Waals surface area contributed by atoms with E-state index in [1.807, 2.05) is 26.0 Å². The minimum atomic E-state index is -0.478. The molecule has 1 amide bonds. The molecule has 1 aromatic heterocycles. The molecule has 0 aliphatic rings. The summed E-state index contributed by atoms with van der Waals surface area (Å²) in [6, 6.07) is 17.4. The van der Waals surface area contributed by atoms with Gasteiger partial charge in [-0.15, -0.1) is 0 Å². The molecule has 0 unspecified atom stereocenters. The second-order valence-corrected chi connectivity index (χ2v) is 9.53. The zero-order valence-electron chi connectivity index (χ0n) is 21.8. The van der Waals surface area contributed by atoms with Crippen LogP contribution in [0.15, 0.2) is 70.3 Å². The molecule has 198 valence electrons. The van der Waals surface area contributed by atoms with Gasteiger partial charge in [0, 0.05) is 22.7 Å². The van der Waals surface area contributed by atoms with Crippen molar-refractivity contribution in [2.24, 2.45) is 0 Å². The molecule has 4 rings (SSSR count). The molecule has 0 saturated heterocycles. The van der Waals surface area contributed by atoms with Crippen LogP contribution in [0.2, 0.25) is 5.02 Å². The number of methoxy groups -OCH3 is 2. The van der Waals surface area contributed by atoms with E-state index in [2.05, 4.69) is 5.32 Å². The lowest BCUT2D eigenvalue weighted by Crippen LogP contribution is -2.40. The summed E-state index contributed by atoms with van der Waals surface area (Å²) in [7, 11) is 2.99. The van der Waals surface area contributed by atoms with E-state index in [1.165, 1.54) is 23.4 Å². The molecule has 0 bridgehead atoms. The number of nitrogens with one attached hydrogen (secondary N) is 1. The molecule has 4 aromatic rings. The number of hydrogen-bond donors (Lipinski definition) is 1. The Kier molecular flexibility index (Phi) is 8.22. The molecule has 0 spiro atoms. The highest BCUT2D eigenvalue weighted by atomic mass is 35.5. The SMILES string of the molecule is CC[C@H](C)NC(=O)c1ccc(Cn2c(=O)c3cc(OC)c(OC)cc3n(Cc3cccc(Cl)c3)c2=O)cc1. The van der Waals surface area contributed by atoms with Gasteiger partial charge in [0.25, 0.3) is 11.5 Å². The van der Waals surface area contributed by atoms with Gasteiger partial charge in [-0.3, -0.25) is 18.7 Å². The molecule has 9 heteroatoms. The first-order valence-corrected chi connectivity index (χ1v) is 12.7. The van der Waals surface area contributed by atoms with Crippen molar-refractivity contribution in [3.63, 3.8) is 0 Å². The van der Waals surface area contributed by atoms with Gasteiger partial charge in [-0.05, 0) is 54.8 Å². The minimum absolute atomic E-state index is 0.0325. The summed E-state index contributed by atoms with van der Waals surface area (Å²) in [5.41, 5.74) is 1.51. The van der Waals surface area contributed by atoms with Crippen LogP contribution in [0.25, 0.3) is 10.9 Å². The number of nitrogens with zero attached hydrogens (tertiary/aromatic N) is 2. The van der Waals surface area contributed by atoms with Crippen LogP contribution in [-0.4, -0.2) is 35.3 Å². The van der Waals surface area contributed by atoms with Crippen LogP contribution in [0.4, 0.5) is 0 Å². The molecule has 1 heterocycles. The molecule has 38 heavy (non-hydrogen) atoms. The second kappa shape index (κ2) is 11.6. The highest BCUT2D eigenvalue weighted by Crippen LogP contribution is 2.30. The topological polar surface area (TPSA) is 91.6 Å².